The van der Waals surface area contributed by atoms with E-state index in [0.29, 0.717) is 5.82 Å². The second-order valence-electron chi connectivity index (χ2n) is 5.29. The summed E-state index contributed by atoms with van der Waals surface area (Å²) in [6.07, 6.45) is 6.55. The van der Waals surface area contributed by atoms with Gasteiger partial charge in [-0.1, -0.05) is 0 Å². The quantitative estimate of drug-likeness (QED) is 0.785. The minimum absolute atomic E-state index is 0.669. The molecule has 0 radical (unpaired) electrons. The second kappa shape index (κ2) is 5.15. The average Bonchev–Trinajstić information content (AvgIpc) is 3.14. The summed E-state index contributed by atoms with van der Waals surface area (Å²) >= 11 is 1.82. The molecule has 3 aromatic rings. The minimum Gasteiger partial charge on any atom is -0.461 e. The van der Waals surface area contributed by atoms with Crippen LogP contribution in [0.25, 0.3) is 21.8 Å². The summed E-state index contributed by atoms with van der Waals surface area (Å²) in [5, 5.41) is 4.63. The Balaban J connectivity index is 1.96. The predicted octanol–water partition coefficient (Wildman–Crippen LogP) is 4.26. The number of aryl methyl sites for hydroxylation is 2. The van der Waals surface area contributed by atoms with Crippen LogP contribution in [0.5, 0.6) is 0 Å². The summed E-state index contributed by atoms with van der Waals surface area (Å²) in [4.78, 5) is 12.0. The number of furan rings is 1. The van der Waals surface area contributed by atoms with E-state index in [1.807, 2.05) is 23.5 Å². The molecule has 0 saturated heterocycles. The van der Waals surface area contributed by atoms with Gasteiger partial charge in [0.05, 0.1) is 11.6 Å². The number of hydrogen-bond donors (Lipinski definition) is 1. The van der Waals surface area contributed by atoms with Crippen LogP contribution in [0.15, 0.2) is 22.8 Å². The Labute approximate surface area is 127 Å². The molecule has 0 fully saturated rings. The van der Waals surface area contributed by atoms with Gasteiger partial charge in [0.25, 0.3) is 0 Å². The van der Waals surface area contributed by atoms with Gasteiger partial charge in [-0.05, 0) is 50.3 Å². The van der Waals surface area contributed by atoms with Crippen molar-refractivity contribution in [3.8, 4) is 11.6 Å². The molecule has 0 spiro atoms. The summed E-state index contributed by atoms with van der Waals surface area (Å²) < 4.78 is 5.46. The predicted molar refractivity (Wildman–Crippen MR) is 85.9 cm³/mol. The van der Waals surface area contributed by atoms with Crippen LogP contribution >= 0.6 is 11.3 Å². The van der Waals surface area contributed by atoms with Crippen molar-refractivity contribution in [1.29, 1.82) is 0 Å². The fraction of sp³-hybridized carbons (Fsp3) is 0.375. The summed E-state index contributed by atoms with van der Waals surface area (Å²) in [5.74, 6) is 2.35. The average molecular weight is 299 g/mol. The van der Waals surface area contributed by atoms with E-state index in [2.05, 4.69) is 12.2 Å². The van der Waals surface area contributed by atoms with Gasteiger partial charge in [0, 0.05) is 11.4 Å². The molecule has 21 heavy (non-hydrogen) atoms. The van der Waals surface area contributed by atoms with Crippen LogP contribution in [-0.4, -0.2) is 16.5 Å². The third-order valence-corrected chi connectivity index (χ3v) is 5.09. The molecule has 3 aromatic heterocycles. The molecule has 4 rings (SSSR count). The van der Waals surface area contributed by atoms with Gasteiger partial charge >= 0.3 is 0 Å². The second-order valence-corrected chi connectivity index (χ2v) is 6.38. The van der Waals surface area contributed by atoms with Crippen molar-refractivity contribution < 1.29 is 4.42 Å². The first kappa shape index (κ1) is 12.8. The lowest BCUT2D eigenvalue weighted by molar-refractivity contribution is 0.578. The number of thiophene rings is 1. The normalized spacial score (nSPS) is 14.3. The molecule has 3 heterocycles. The summed E-state index contributed by atoms with van der Waals surface area (Å²) in [6.45, 7) is 2.95. The van der Waals surface area contributed by atoms with E-state index in [-0.39, 0.29) is 0 Å². The van der Waals surface area contributed by atoms with Crippen molar-refractivity contribution in [3.63, 3.8) is 0 Å². The molecule has 0 atom stereocenters. The van der Waals surface area contributed by atoms with E-state index < -0.39 is 0 Å². The van der Waals surface area contributed by atoms with E-state index in [1.54, 1.807) is 6.26 Å². The van der Waals surface area contributed by atoms with Crippen molar-refractivity contribution >= 4 is 27.4 Å². The van der Waals surface area contributed by atoms with Crippen LogP contribution in [0, 0.1) is 0 Å². The first-order chi connectivity index (χ1) is 10.4. The molecule has 0 aromatic carbocycles. The third-order valence-electron chi connectivity index (χ3n) is 3.90. The largest absolute Gasteiger partial charge is 0.461 e. The van der Waals surface area contributed by atoms with Gasteiger partial charge in [0.2, 0.25) is 0 Å². The molecule has 0 saturated carbocycles. The van der Waals surface area contributed by atoms with Gasteiger partial charge in [-0.3, -0.25) is 0 Å². The molecule has 4 nitrogen and oxygen atoms in total. The number of rotatable bonds is 3. The number of hydrogen-bond acceptors (Lipinski definition) is 5. The Bertz CT molecular complexity index is 777. The molecule has 0 bridgehead atoms. The van der Waals surface area contributed by atoms with Gasteiger partial charge in [0.1, 0.15) is 10.6 Å². The van der Waals surface area contributed by atoms with Crippen LogP contribution in [-0.2, 0) is 12.8 Å². The van der Waals surface area contributed by atoms with Gasteiger partial charge in [-0.15, -0.1) is 11.3 Å². The maximum Gasteiger partial charge on any atom is 0.199 e. The Kier molecular flexibility index (Phi) is 3.15. The van der Waals surface area contributed by atoms with Crippen LogP contribution in [0.4, 0.5) is 5.82 Å². The number of anilines is 1. The van der Waals surface area contributed by atoms with E-state index in [0.717, 1.165) is 29.4 Å². The van der Waals surface area contributed by atoms with Gasteiger partial charge in [-0.25, -0.2) is 9.97 Å². The van der Waals surface area contributed by atoms with Crippen LogP contribution in [0.2, 0.25) is 0 Å². The molecule has 1 aliphatic rings. The maximum absolute atomic E-state index is 5.46. The Morgan fingerprint density at radius 2 is 2.19 bits per heavy atom. The SMILES string of the molecule is CCNc1nc(-c2ccco2)nc2sc3c(c12)CCCC3. The maximum atomic E-state index is 5.46. The first-order valence-corrected chi connectivity index (χ1v) is 8.28. The number of nitrogens with zero attached hydrogens (tertiary/aromatic N) is 2. The molecular weight excluding hydrogens is 282 g/mol. The van der Waals surface area contributed by atoms with Crippen molar-refractivity contribution in [1.82, 2.24) is 9.97 Å². The van der Waals surface area contributed by atoms with Crippen molar-refractivity contribution in [3.05, 3.63) is 28.8 Å². The Hall–Kier alpha value is -1.88. The molecule has 108 valence electrons. The third kappa shape index (κ3) is 2.12. The van der Waals surface area contributed by atoms with Gasteiger partial charge in [-0.2, -0.15) is 0 Å². The lowest BCUT2D eigenvalue weighted by atomic mass is 9.97. The van der Waals surface area contributed by atoms with Gasteiger partial charge < -0.3 is 9.73 Å². The Morgan fingerprint density at radius 1 is 1.29 bits per heavy atom. The number of nitrogens with one attached hydrogen (secondary N) is 1. The standard InChI is InChI=1S/C16H17N3OS/c1-2-17-15-13-10-6-3-4-8-12(10)21-16(13)19-14(18-15)11-7-5-9-20-11/h5,7,9H,2-4,6,8H2,1H3,(H,17,18,19). The minimum atomic E-state index is 0.669. The lowest BCUT2D eigenvalue weighted by Crippen LogP contribution is -2.04. The molecule has 1 aliphatic carbocycles. The molecule has 1 N–H and O–H groups in total. The molecule has 0 aliphatic heterocycles. The van der Waals surface area contributed by atoms with E-state index in [9.17, 15) is 0 Å². The fourth-order valence-electron chi connectivity index (χ4n) is 2.97. The van der Waals surface area contributed by atoms with Crippen LogP contribution in [0.3, 0.4) is 0 Å². The highest BCUT2D eigenvalue weighted by atomic mass is 32.1. The zero-order chi connectivity index (χ0) is 14.2. The highest BCUT2D eigenvalue weighted by Crippen LogP contribution is 2.39. The Morgan fingerprint density at radius 3 is 3.00 bits per heavy atom. The topological polar surface area (TPSA) is 51.0 Å². The molecule has 0 unspecified atom stereocenters. The zero-order valence-electron chi connectivity index (χ0n) is 12.0. The van der Waals surface area contributed by atoms with Crippen LogP contribution in [0.1, 0.15) is 30.2 Å². The van der Waals surface area contributed by atoms with Gasteiger partial charge in [0.15, 0.2) is 11.6 Å². The lowest BCUT2D eigenvalue weighted by Gasteiger charge is -2.12. The summed E-state index contributed by atoms with van der Waals surface area (Å²) in [7, 11) is 0. The highest BCUT2D eigenvalue weighted by molar-refractivity contribution is 7.19. The monoisotopic (exact) mass is 299 g/mol. The highest BCUT2D eigenvalue weighted by Gasteiger charge is 2.21. The fourth-order valence-corrected chi connectivity index (χ4v) is 4.23. The summed E-state index contributed by atoms with van der Waals surface area (Å²) in [5.41, 5.74) is 1.46. The smallest absolute Gasteiger partial charge is 0.199 e. The van der Waals surface area contributed by atoms with Crippen molar-refractivity contribution in [2.24, 2.45) is 0 Å². The molecule has 0 amide bonds. The van der Waals surface area contributed by atoms with E-state index >= 15 is 0 Å². The first-order valence-electron chi connectivity index (χ1n) is 7.47. The zero-order valence-corrected chi connectivity index (χ0v) is 12.8. The molecular formula is C16H17N3OS. The summed E-state index contributed by atoms with van der Waals surface area (Å²) in [6, 6.07) is 3.78. The van der Waals surface area contributed by atoms with E-state index in [4.69, 9.17) is 14.4 Å². The van der Waals surface area contributed by atoms with E-state index in [1.165, 1.54) is 35.1 Å². The van der Waals surface area contributed by atoms with Crippen molar-refractivity contribution in [2.75, 3.05) is 11.9 Å². The number of aromatic nitrogens is 2. The number of fused-ring (bicyclic) bond motifs is 3. The van der Waals surface area contributed by atoms with Crippen LogP contribution < -0.4 is 5.32 Å². The molecule has 5 heteroatoms. The van der Waals surface area contributed by atoms with Crippen molar-refractivity contribution in [2.45, 2.75) is 32.6 Å².